The van der Waals surface area contributed by atoms with Gasteiger partial charge >= 0.3 is 0 Å². The van der Waals surface area contributed by atoms with Crippen molar-refractivity contribution in [3.63, 3.8) is 0 Å². The van der Waals surface area contributed by atoms with Crippen LogP contribution in [-0.4, -0.2) is 46.4 Å². The summed E-state index contributed by atoms with van der Waals surface area (Å²) in [6.07, 6.45) is 0.593. The second-order valence-corrected chi connectivity index (χ2v) is 7.08. The number of ether oxygens (including phenoxy) is 3. The van der Waals surface area contributed by atoms with Crippen molar-refractivity contribution in [1.82, 2.24) is 0 Å². The summed E-state index contributed by atoms with van der Waals surface area (Å²) in [4.78, 5) is 12.1. The first-order valence-electron chi connectivity index (χ1n) is 6.79. The van der Waals surface area contributed by atoms with Crippen LogP contribution in [-0.2, 0) is 19.4 Å². The fourth-order valence-electron chi connectivity index (χ4n) is 2.39. The highest BCUT2D eigenvalue weighted by Crippen LogP contribution is 2.32. The van der Waals surface area contributed by atoms with E-state index in [2.05, 4.69) is 0 Å². The van der Waals surface area contributed by atoms with Crippen LogP contribution in [0.15, 0.2) is 23.1 Å². The van der Waals surface area contributed by atoms with E-state index in [-0.39, 0.29) is 16.6 Å². The topological polar surface area (TPSA) is 78.9 Å². The maximum absolute atomic E-state index is 12.3. The van der Waals surface area contributed by atoms with Crippen molar-refractivity contribution >= 4 is 15.6 Å². The number of hydrogen-bond donors (Lipinski definition) is 0. The van der Waals surface area contributed by atoms with Crippen molar-refractivity contribution in [3.05, 3.63) is 18.2 Å². The zero-order valence-corrected chi connectivity index (χ0v) is 12.2. The molecule has 2 heterocycles. The lowest BCUT2D eigenvalue weighted by Gasteiger charge is -2.18. The molecule has 114 valence electrons. The average molecular weight is 312 g/mol. The van der Waals surface area contributed by atoms with Crippen LogP contribution in [0, 0.1) is 5.92 Å². The van der Waals surface area contributed by atoms with E-state index in [9.17, 15) is 13.2 Å². The van der Waals surface area contributed by atoms with Crippen LogP contribution in [0.25, 0.3) is 0 Å². The third-order valence-electron chi connectivity index (χ3n) is 3.59. The van der Waals surface area contributed by atoms with Gasteiger partial charge in [-0.25, -0.2) is 8.42 Å². The van der Waals surface area contributed by atoms with Crippen molar-refractivity contribution in [3.8, 4) is 11.5 Å². The molecule has 1 aromatic carbocycles. The molecule has 1 atom stereocenters. The van der Waals surface area contributed by atoms with E-state index >= 15 is 0 Å². The Morgan fingerprint density at radius 1 is 1.14 bits per heavy atom. The predicted octanol–water partition coefficient (Wildman–Crippen LogP) is 0.837. The maximum atomic E-state index is 12.3. The average Bonchev–Trinajstić information content (AvgIpc) is 3.00. The van der Waals surface area contributed by atoms with Gasteiger partial charge in [0.25, 0.3) is 0 Å². The van der Waals surface area contributed by atoms with E-state index in [4.69, 9.17) is 14.2 Å². The molecule has 1 aromatic rings. The number of carbonyl (C=O) groups excluding carboxylic acids is 1. The molecular weight excluding hydrogens is 296 g/mol. The third kappa shape index (κ3) is 3.03. The highest BCUT2D eigenvalue weighted by atomic mass is 32.2. The summed E-state index contributed by atoms with van der Waals surface area (Å²) in [5.41, 5.74) is 0. The van der Waals surface area contributed by atoms with Crippen LogP contribution in [0.3, 0.4) is 0 Å². The van der Waals surface area contributed by atoms with Crippen LogP contribution in [0.4, 0.5) is 0 Å². The molecule has 1 fully saturated rings. The Morgan fingerprint density at radius 3 is 2.62 bits per heavy atom. The van der Waals surface area contributed by atoms with Crippen molar-refractivity contribution in [2.24, 2.45) is 5.92 Å². The van der Waals surface area contributed by atoms with E-state index in [1.807, 2.05) is 0 Å². The number of fused-ring (bicyclic) bond motifs is 1. The quantitative estimate of drug-likeness (QED) is 0.819. The van der Waals surface area contributed by atoms with Gasteiger partial charge < -0.3 is 14.2 Å². The Bertz CT molecular complexity index is 645. The van der Waals surface area contributed by atoms with Gasteiger partial charge in [-0.3, -0.25) is 4.79 Å². The number of benzene rings is 1. The molecule has 2 aliphatic heterocycles. The van der Waals surface area contributed by atoms with Gasteiger partial charge in [0.15, 0.2) is 27.1 Å². The fraction of sp³-hybridized carbons (Fsp3) is 0.500. The van der Waals surface area contributed by atoms with Gasteiger partial charge in [-0.05, 0) is 18.6 Å². The number of Topliss-reactive ketones (excluding diaryl/α,β-unsaturated/α-hetero) is 1. The summed E-state index contributed by atoms with van der Waals surface area (Å²) in [7, 11) is -3.67. The molecule has 21 heavy (non-hydrogen) atoms. The second-order valence-electron chi connectivity index (χ2n) is 5.09. The smallest absolute Gasteiger partial charge is 0.185 e. The normalized spacial score (nSPS) is 21.2. The first-order chi connectivity index (χ1) is 10.1. The monoisotopic (exact) mass is 312 g/mol. The fourth-order valence-corrected chi connectivity index (χ4v) is 3.73. The standard InChI is InChI=1S/C14H16O6S/c15-12(10-3-4-18-8-10)9-21(16,17)11-1-2-13-14(7-11)20-6-5-19-13/h1-2,7,10H,3-6,8-9H2. The van der Waals surface area contributed by atoms with E-state index in [1.54, 1.807) is 6.07 Å². The van der Waals surface area contributed by atoms with E-state index < -0.39 is 15.6 Å². The molecule has 0 aliphatic carbocycles. The number of rotatable bonds is 4. The summed E-state index contributed by atoms with van der Waals surface area (Å²) in [6.45, 7) is 1.66. The first kappa shape index (κ1) is 14.3. The zero-order valence-electron chi connectivity index (χ0n) is 11.4. The highest BCUT2D eigenvalue weighted by molar-refractivity contribution is 7.92. The molecule has 0 saturated carbocycles. The number of ketones is 1. The Hall–Kier alpha value is -1.60. The van der Waals surface area contributed by atoms with Crippen LogP contribution >= 0.6 is 0 Å². The number of sulfone groups is 1. The van der Waals surface area contributed by atoms with Gasteiger partial charge in [0.1, 0.15) is 19.0 Å². The number of hydrogen-bond acceptors (Lipinski definition) is 6. The molecule has 0 amide bonds. The van der Waals surface area contributed by atoms with Crippen molar-refractivity contribution in [1.29, 1.82) is 0 Å². The minimum Gasteiger partial charge on any atom is -0.486 e. The molecule has 0 aromatic heterocycles. The van der Waals surface area contributed by atoms with Crippen molar-refractivity contribution in [2.45, 2.75) is 11.3 Å². The molecule has 0 bridgehead atoms. The van der Waals surface area contributed by atoms with Gasteiger partial charge in [-0.1, -0.05) is 0 Å². The Labute approximate surface area is 122 Å². The summed E-state index contributed by atoms with van der Waals surface area (Å²) >= 11 is 0. The first-order valence-corrected chi connectivity index (χ1v) is 8.44. The lowest BCUT2D eigenvalue weighted by molar-refractivity contribution is -0.120. The minimum atomic E-state index is -3.67. The van der Waals surface area contributed by atoms with Crippen LogP contribution in [0.2, 0.25) is 0 Å². The predicted molar refractivity (Wildman–Crippen MR) is 73.4 cm³/mol. The highest BCUT2D eigenvalue weighted by Gasteiger charge is 2.29. The molecule has 0 radical (unpaired) electrons. The van der Waals surface area contributed by atoms with Crippen molar-refractivity contribution in [2.75, 3.05) is 32.2 Å². The zero-order chi connectivity index (χ0) is 14.9. The summed E-state index contributed by atoms with van der Waals surface area (Å²) in [5.74, 6) is -0.171. The lowest BCUT2D eigenvalue weighted by atomic mass is 10.1. The largest absolute Gasteiger partial charge is 0.486 e. The Balaban J connectivity index is 1.79. The Kier molecular flexibility index (Phi) is 3.86. The summed E-state index contributed by atoms with van der Waals surface area (Å²) in [6, 6.07) is 4.42. The van der Waals surface area contributed by atoms with Gasteiger partial charge in [0.05, 0.1) is 11.5 Å². The molecule has 1 saturated heterocycles. The second kappa shape index (κ2) is 5.65. The van der Waals surface area contributed by atoms with Crippen LogP contribution < -0.4 is 9.47 Å². The molecule has 1 unspecified atom stereocenters. The van der Waals surface area contributed by atoms with Crippen LogP contribution in [0.1, 0.15) is 6.42 Å². The number of carbonyl (C=O) groups is 1. The molecule has 7 heteroatoms. The van der Waals surface area contributed by atoms with E-state index in [1.165, 1.54) is 12.1 Å². The molecule has 3 rings (SSSR count). The molecule has 6 nitrogen and oxygen atoms in total. The summed E-state index contributed by atoms with van der Waals surface area (Å²) < 4.78 is 40.5. The van der Waals surface area contributed by atoms with Crippen molar-refractivity contribution < 1.29 is 27.4 Å². The van der Waals surface area contributed by atoms with E-state index in [0.29, 0.717) is 44.3 Å². The van der Waals surface area contributed by atoms with Gasteiger partial charge in [0.2, 0.25) is 0 Å². The molecule has 0 spiro atoms. The summed E-state index contributed by atoms with van der Waals surface area (Å²) in [5, 5.41) is 0. The van der Waals surface area contributed by atoms with Gasteiger partial charge in [-0.2, -0.15) is 0 Å². The minimum absolute atomic E-state index is 0.0824. The molecule has 0 N–H and O–H groups in total. The molecular formula is C14H16O6S. The SMILES string of the molecule is O=C(CS(=O)(=O)c1ccc2c(c1)OCCO2)C1CCOC1. The maximum Gasteiger partial charge on any atom is 0.185 e. The van der Waals surface area contributed by atoms with Gasteiger partial charge in [0, 0.05) is 18.6 Å². The third-order valence-corrected chi connectivity index (χ3v) is 5.23. The Morgan fingerprint density at radius 2 is 1.90 bits per heavy atom. The van der Waals surface area contributed by atoms with E-state index in [0.717, 1.165) is 0 Å². The lowest BCUT2D eigenvalue weighted by Crippen LogP contribution is -2.24. The molecule has 2 aliphatic rings. The van der Waals surface area contributed by atoms with Crippen LogP contribution in [0.5, 0.6) is 11.5 Å². The van der Waals surface area contributed by atoms with Gasteiger partial charge in [-0.15, -0.1) is 0 Å².